The number of anilines is 1. The molecule has 29 heavy (non-hydrogen) atoms. The maximum Gasteiger partial charge on any atom is 0.263 e. The fraction of sp³-hybridized carbons (Fsp3) is 0.238. The minimum Gasteiger partial charge on any atom is -0.501 e. The number of rotatable bonds is 8. The second-order valence-electron chi connectivity index (χ2n) is 6.22. The molecule has 152 valence electrons. The van der Waals surface area contributed by atoms with Gasteiger partial charge in [-0.1, -0.05) is 35.9 Å². The molecule has 0 aliphatic carbocycles. The first-order valence-electron chi connectivity index (χ1n) is 8.85. The standard InChI is InChI=1S/C21H22ClN3O4/c1-27-16-8-4-14(5-9-16)12-25(13-15-6-10-17(28-2)11-7-15)21-23-19(22)18(26)20(24-21)29-3/h4-11,26H,12-13H2,1-3H3. The fourth-order valence-electron chi connectivity index (χ4n) is 2.78. The fourth-order valence-corrected chi connectivity index (χ4v) is 2.94. The van der Waals surface area contributed by atoms with Gasteiger partial charge in [0.05, 0.1) is 21.3 Å². The highest BCUT2D eigenvalue weighted by molar-refractivity contribution is 6.31. The molecule has 1 heterocycles. The van der Waals surface area contributed by atoms with Gasteiger partial charge in [-0.25, -0.2) is 0 Å². The van der Waals surface area contributed by atoms with Gasteiger partial charge < -0.3 is 24.2 Å². The Morgan fingerprint density at radius 3 is 1.69 bits per heavy atom. The SMILES string of the molecule is COc1ccc(CN(Cc2ccc(OC)cc2)c2nc(Cl)c(O)c(OC)n2)cc1. The van der Waals surface area contributed by atoms with Gasteiger partial charge >= 0.3 is 0 Å². The van der Waals surface area contributed by atoms with Crippen molar-refractivity contribution in [3.63, 3.8) is 0 Å². The molecule has 0 amide bonds. The van der Waals surface area contributed by atoms with Crippen LogP contribution in [0.1, 0.15) is 11.1 Å². The molecule has 0 radical (unpaired) electrons. The van der Waals surface area contributed by atoms with Gasteiger partial charge in [-0.3, -0.25) is 0 Å². The first-order chi connectivity index (χ1) is 14.0. The van der Waals surface area contributed by atoms with Gasteiger partial charge in [-0.15, -0.1) is 0 Å². The largest absolute Gasteiger partial charge is 0.501 e. The Labute approximate surface area is 174 Å². The number of hydrogen-bond donors (Lipinski definition) is 1. The third kappa shape index (κ3) is 5.00. The topological polar surface area (TPSA) is 76.9 Å². The van der Waals surface area contributed by atoms with Crippen molar-refractivity contribution >= 4 is 17.5 Å². The van der Waals surface area contributed by atoms with Gasteiger partial charge in [0.1, 0.15) is 11.5 Å². The average molecular weight is 416 g/mol. The molecule has 0 aliphatic rings. The van der Waals surface area contributed by atoms with Crippen LogP contribution in [-0.4, -0.2) is 36.4 Å². The summed E-state index contributed by atoms with van der Waals surface area (Å²) in [6.07, 6.45) is 0. The van der Waals surface area contributed by atoms with E-state index in [0.29, 0.717) is 19.0 Å². The van der Waals surface area contributed by atoms with E-state index >= 15 is 0 Å². The van der Waals surface area contributed by atoms with Gasteiger partial charge in [-0.05, 0) is 35.4 Å². The van der Waals surface area contributed by atoms with Crippen molar-refractivity contribution in [3.05, 3.63) is 64.8 Å². The molecular formula is C21H22ClN3O4. The lowest BCUT2D eigenvalue weighted by Gasteiger charge is -2.24. The van der Waals surface area contributed by atoms with Crippen LogP contribution in [0.5, 0.6) is 23.1 Å². The van der Waals surface area contributed by atoms with Crippen molar-refractivity contribution in [2.45, 2.75) is 13.1 Å². The number of hydrogen-bond acceptors (Lipinski definition) is 7. The Hall–Kier alpha value is -3.19. The molecule has 0 unspecified atom stereocenters. The van der Waals surface area contributed by atoms with Crippen LogP contribution < -0.4 is 19.1 Å². The average Bonchev–Trinajstić information content (AvgIpc) is 2.76. The third-order valence-corrected chi connectivity index (χ3v) is 4.60. The van der Waals surface area contributed by atoms with E-state index in [1.165, 1.54) is 7.11 Å². The number of ether oxygens (including phenoxy) is 3. The summed E-state index contributed by atoms with van der Waals surface area (Å²) in [6, 6.07) is 15.5. The smallest absolute Gasteiger partial charge is 0.263 e. The summed E-state index contributed by atoms with van der Waals surface area (Å²) in [5.41, 5.74) is 2.07. The van der Waals surface area contributed by atoms with E-state index in [2.05, 4.69) is 9.97 Å². The normalized spacial score (nSPS) is 10.5. The van der Waals surface area contributed by atoms with Gasteiger partial charge in [-0.2, -0.15) is 9.97 Å². The number of benzene rings is 2. The first kappa shape index (κ1) is 20.5. The van der Waals surface area contributed by atoms with E-state index in [-0.39, 0.29) is 16.8 Å². The van der Waals surface area contributed by atoms with Gasteiger partial charge in [0.25, 0.3) is 5.88 Å². The molecule has 0 aliphatic heterocycles. The quantitative estimate of drug-likeness (QED) is 0.555. The van der Waals surface area contributed by atoms with E-state index < -0.39 is 0 Å². The van der Waals surface area contributed by atoms with Crippen LogP contribution >= 0.6 is 11.6 Å². The van der Waals surface area contributed by atoms with E-state index in [4.69, 9.17) is 25.8 Å². The van der Waals surface area contributed by atoms with Crippen molar-refractivity contribution in [3.8, 4) is 23.1 Å². The second-order valence-corrected chi connectivity index (χ2v) is 6.58. The molecule has 7 nitrogen and oxygen atoms in total. The summed E-state index contributed by atoms with van der Waals surface area (Å²) in [5, 5.41) is 9.90. The Morgan fingerprint density at radius 1 is 0.793 bits per heavy atom. The first-order valence-corrected chi connectivity index (χ1v) is 9.23. The lowest BCUT2D eigenvalue weighted by atomic mass is 10.1. The highest BCUT2D eigenvalue weighted by Gasteiger charge is 2.18. The van der Waals surface area contributed by atoms with Crippen LogP contribution in [0.3, 0.4) is 0 Å². The summed E-state index contributed by atoms with van der Waals surface area (Å²) in [7, 11) is 4.67. The van der Waals surface area contributed by atoms with Crippen molar-refractivity contribution in [2.75, 3.05) is 26.2 Å². The van der Waals surface area contributed by atoms with Gasteiger partial charge in [0.2, 0.25) is 11.7 Å². The molecule has 0 fully saturated rings. The van der Waals surface area contributed by atoms with Crippen molar-refractivity contribution in [2.24, 2.45) is 0 Å². The predicted octanol–water partition coefficient (Wildman–Crippen LogP) is 4.07. The van der Waals surface area contributed by atoms with Crippen LogP contribution in [0.25, 0.3) is 0 Å². The molecular weight excluding hydrogens is 394 g/mol. The Balaban J connectivity index is 1.94. The predicted molar refractivity (Wildman–Crippen MR) is 111 cm³/mol. The Kier molecular flexibility index (Phi) is 6.61. The second kappa shape index (κ2) is 9.34. The highest BCUT2D eigenvalue weighted by Crippen LogP contribution is 2.33. The lowest BCUT2D eigenvalue weighted by Crippen LogP contribution is -2.24. The zero-order chi connectivity index (χ0) is 20.8. The molecule has 0 bridgehead atoms. The molecule has 0 spiro atoms. The number of nitrogens with zero attached hydrogens (tertiary/aromatic N) is 3. The number of methoxy groups -OCH3 is 3. The minimum absolute atomic E-state index is 0.0226. The summed E-state index contributed by atoms with van der Waals surface area (Å²) in [5.74, 6) is 1.64. The molecule has 3 rings (SSSR count). The van der Waals surface area contributed by atoms with Crippen molar-refractivity contribution < 1.29 is 19.3 Å². The molecule has 0 atom stereocenters. The van der Waals surface area contributed by atoms with Crippen LogP contribution in [-0.2, 0) is 13.1 Å². The summed E-state index contributed by atoms with van der Waals surface area (Å²) >= 11 is 6.09. The zero-order valence-corrected chi connectivity index (χ0v) is 17.2. The van der Waals surface area contributed by atoms with E-state index in [9.17, 15) is 5.11 Å². The molecule has 1 aromatic heterocycles. The van der Waals surface area contributed by atoms with Gasteiger partial charge in [0, 0.05) is 13.1 Å². The van der Waals surface area contributed by atoms with E-state index in [0.717, 1.165) is 22.6 Å². The molecule has 0 saturated heterocycles. The van der Waals surface area contributed by atoms with E-state index in [1.807, 2.05) is 53.4 Å². The molecule has 3 aromatic rings. The lowest BCUT2D eigenvalue weighted by molar-refractivity contribution is 0.356. The van der Waals surface area contributed by atoms with Crippen molar-refractivity contribution in [1.82, 2.24) is 9.97 Å². The number of aromatic hydroxyl groups is 1. The molecule has 2 aromatic carbocycles. The van der Waals surface area contributed by atoms with Gasteiger partial charge in [0.15, 0.2) is 5.15 Å². The van der Waals surface area contributed by atoms with Crippen LogP contribution in [0.4, 0.5) is 5.95 Å². The molecule has 0 saturated carbocycles. The third-order valence-electron chi connectivity index (χ3n) is 4.34. The molecule has 8 heteroatoms. The number of halogens is 1. The monoisotopic (exact) mass is 415 g/mol. The summed E-state index contributed by atoms with van der Waals surface area (Å²) in [6.45, 7) is 1.03. The summed E-state index contributed by atoms with van der Waals surface area (Å²) in [4.78, 5) is 10.5. The van der Waals surface area contributed by atoms with Crippen LogP contribution in [0.15, 0.2) is 48.5 Å². The maximum absolute atomic E-state index is 9.97. The zero-order valence-electron chi connectivity index (χ0n) is 16.4. The van der Waals surface area contributed by atoms with E-state index in [1.54, 1.807) is 14.2 Å². The Morgan fingerprint density at radius 2 is 1.28 bits per heavy atom. The maximum atomic E-state index is 9.97. The van der Waals surface area contributed by atoms with Crippen LogP contribution in [0, 0.1) is 0 Å². The Bertz CT molecular complexity index is 900. The van der Waals surface area contributed by atoms with Crippen LogP contribution in [0.2, 0.25) is 5.15 Å². The van der Waals surface area contributed by atoms with Crippen molar-refractivity contribution in [1.29, 1.82) is 0 Å². The number of aromatic nitrogens is 2. The molecule has 1 N–H and O–H groups in total. The summed E-state index contributed by atoms with van der Waals surface area (Å²) < 4.78 is 15.6. The highest BCUT2D eigenvalue weighted by atomic mass is 35.5. The minimum atomic E-state index is -0.285.